The van der Waals surface area contributed by atoms with Crippen molar-refractivity contribution < 1.29 is 4.39 Å². The van der Waals surface area contributed by atoms with Crippen LogP contribution >= 0.6 is 0 Å². The van der Waals surface area contributed by atoms with E-state index < -0.39 is 0 Å². The second kappa shape index (κ2) is 5.37. The predicted molar refractivity (Wildman–Crippen MR) is 72.7 cm³/mol. The van der Waals surface area contributed by atoms with Gasteiger partial charge < -0.3 is 5.73 Å². The predicted octanol–water partition coefficient (Wildman–Crippen LogP) is 2.94. The van der Waals surface area contributed by atoms with Crippen molar-refractivity contribution in [3.05, 3.63) is 35.6 Å². The van der Waals surface area contributed by atoms with E-state index in [1.165, 1.54) is 17.7 Å². The van der Waals surface area contributed by atoms with Crippen molar-refractivity contribution in [3.8, 4) is 0 Å². The van der Waals surface area contributed by atoms with Crippen LogP contribution in [-0.4, -0.2) is 23.5 Å². The molecule has 1 aromatic carbocycles. The van der Waals surface area contributed by atoms with Gasteiger partial charge in [0, 0.05) is 24.7 Å². The van der Waals surface area contributed by atoms with Gasteiger partial charge in [0.1, 0.15) is 5.82 Å². The van der Waals surface area contributed by atoms with E-state index in [2.05, 4.69) is 25.7 Å². The fourth-order valence-electron chi connectivity index (χ4n) is 2.90. The number of nitrogens with two attached hydrogens (primary N) is 1. The Balaban J connectivity index is 2.13. The minimum Gasteiger partial charge on any atom is -0.327 e. The van der Waals surface area contributed by atoms with E-state index in [-0.39, 0.29) is 5.82 Å². The molecule has 1 fully saturated rings. The average molecular weight is 250 g/mol. The van der Waals surface area contributed by atoms with Crippen LogP contribution in [0.4, 0.5) is 4.39 Å². The van der Waals surface area contributed by atoms with E-state index in [4.69, 9.17) is 5.73 Å². The standard InChI is InChI=1S/C15H23FN2/c1-10-11(2)18(9-8-15(10)17)12(3)13-4-6-14(16)7-5-13/h4-7,10-12,15H,8-9,17H2,1-3H3. The summed E-state index contributed by atoms with van der Waals surface area (Å²) < 4.78 is 13.0. The van der Waals surface area contributed by atoms with E-state index in [0.29, 0.717) is 24.0 Å². The molecule has 3 heteroatoms. The summed E-state index contributed by atoms with van der Waals surface area (Å²) >= 11 is 0. The smallest absolute Gasteiger partial charge is 0.123 e. The number of likely N-dealkylation sites (tertiary alicyclic amines) is 1. The van der Waals surface area contributed by atoms with E-state index in [0.717, 1.165) is 13.0 Å². The Labute approximate surface area is 109 Å². The first-order chi connectivity index (χ1) is 8.50. The molecule has 1 aromatic rings. The number of hydrogen-bond acceptors (Lipinski definition) is 2. The molecule has 100 valence electrons. The zero-order valence-corrected chi connectivity index (χ0v) is 11.4. The molecule has 2 N–H and O–H groups in total. The second-order valence-electron chi connectivity index (χ2n) is 5.52. The highest BCUT2D eigenvalue weighted by molar-refractivity contribution is 5.20. The zero-order valence-electron chi connectivity index (χ0n) is 11.4. The quantitative estimate of drug-likeness (QED) is 0.874. The molecular formula is C15H23FN2. The number of piperidine rings is 1. The van der Waals surface area contributed by atoms with Crippen LogP contribution in [0.15, 0.2) is 24.3 Å². The first-order valence-corrected chi connectivity index (χ1v) is 6.77. The number of hydrogen-bond donors (Lipinski definition) is 1. The Kier molecular flexibility index (Phi) is 4.03. The van der Waals surface area contributed by atoms with Gasteiger partial charge in [0.25, 0.3) is 0 Å². The van der Waals surface area contributed by atoms with Gasteiger partial charge >= 0.3 is 0 Å². The van der Waals surface area contributed by atoms with E-state index in [9.17, 15) is 4.39 Å². The van der Waals surface area contributed by atoms with E-state index in [1.54, 1.807) is 0 Å². The van der Waals surface area contributed by atoms with Crippen LogP contribution in [0, 0.1) is 11.7 Å². The van der Waals surface area contributed by atoms with Gasteiger partial charge in [-0.05, 0) is 43.9 Å². The van der Waals surface area contributed by atoms with E-state index >= 15 is 0 Å². The lowest BCUT2D eigenvalue weighted by atomic mass is 9.86. The molecule has 0 saturated carbocycles. The monoisotopic (exact) mass is 250 g/mol. The third-order valence-corrected chi connectivity index (χ3v) is 4.53. The molecule has 0 spiro atoms. The molecule has 4 unspecified atom stereocenters. The highest BCUT2D eigenvalue weighted by Gasteiger charge is 2.33. The summed E-state index contributed by atoms with van der Waals surface area (Å²) in [5.74, 6) is 0.328. The number of rotatable bonds is 2. The molecule has 0 aromatic heterocycles. The molecular weight excluding hydrogens is 227 g/mol. The molecule has 1 heterocycles. The molecule has 0 aliphatic carbocycles. The second-order valence-corrected chi connectivity index (χ2v) is 5.52. The SMILES string of the molecule is CC1C(N)CCN(C(C)c2ccc(F)cc2)C1C. The lowest BCUT2D eigenvalue weighted by Gasteiger charge is -2.44. The van der Waals surface area contributed by atoms with Crippen molar-refractivity contribution in [2.75, 3.05) is 6.54 Å². The minimum absolute atomic E-state index is 0.173. The summed E-state index contributed by atoms with van der Waals surface area (Å²) in [5, 5.41) is 0. The van der Waals surface area contributed by atoms with Crippen molar-refractivity contribution in [1.29, 1.82) is 0 Å². The van der Waals surface area contributed by atoms with Gasteiger partial charge in [0.15, 0.2) is 0 Å². The molecule has 1 saturated heterocycles. The lowest BCUT2D eigenvalue weighted by molar-refractivity contribution is 0.0626. The van der Waals surface area contributed by atoms with Gasteiger partial charge in [-0.1, -0.05) is 19.1 Å². The number of benzene rings is 1. The highest BCUT2D eigenvalue weighted by Crippen LogP contribution is 2.30. The summed E-state index contributed by atoms with van der Waals surface area (Å²) in [4.78, 5) is 2.47. The summed E-state index contributed by atoms with van der Waals surface area (Å²) in [6.07, 6.45) is 1.04. The van der Waals surface area contributed by atoms with Crippen molar-refractivity contribution in [3.63, 3.8) is 0 Å². The van der Waals surface area contributed by atoms with Crippen molar-refractivity contribution in [2.45, 2.75) is 45.3 Å². The van der Waals surface area contributed by atoms with Crippen LogP contribution < -0.4 is 5.73 Å². The first-order valence-electron chi connectivity index (χ1n) is 6.77. The fourth-order valence-corrected chi connectivity index (χ4v) is 2.90. The molecule has 2 nitrogen and oxygen atoms in total. The van der Waals surface area contributed by atoms with Crippen LogP contribution in [0.1, 0.15) is 38.8 Å². The highest BCUT2D eigenvalue weighted by atomic mass is 19.1. The van der Waals surface area contributed by atoms with Gasteiger partial charge in [0.05, 0.1) is 0 Å². The fraction of sp³-hybridized carbons (Fsp3) is 0.600. The molecule has 4 atom stereocenters. The third-order valence-electron chi connectivity index (χ3n) is 4.53. The van der Waals surface area contributed by atoms with Crippen molar-refractivity contribution in [2.24, 2.45) is 11.7 Å². The summed E-state index contributed by atoms with van der Waals surface area (Å²) in [6.45, 7) is 7.67. The maximum absolute atomic E-state index is 13.0. The third kappa shape index (κ3) is 2.57. The van der Waals surface area contributed by atoms with Crippen LogP contribution in [-0.2, 0) is 0 Å². The van der Waals surface area contributed by atoms with Crippen LogP contribution in [0.5, 0.6) is 0 Å². The Morgan fingerprint density at radius 1 is 1.28 bits per heavy atom. The van der Waals surface area contributed by atoms with Crippen LogP contribution in [0.25, 0.3) is 0 Å². The number of nitrogens with zero attached hydrogens (tertiary/aromatic N) is 1. The van der Waals surface area contributed by atoms with Crippen molar-refractivity contribution in [1.82, 2.24) is 4.90 Å². The Morgan fingerprint density at radius 2 is 1.89 bits per heavy atom. The maximum Gasteiger partial charge on any atom is 0.123 e. The zero-order chi connectivity index (χ0) is 13.3. The molecule has 1 aliphatic rings. The van der Waals surface area contributed by atoms with Gasteiger partial charge in [-0.3, -0.25) is 4.90 Å². The molecule has 2 rings (SSSR count). The Bertz CT molecular complexity index is 390. The van der Waals surface area contributed by atoms with E-state index in [1.807, 2.05) is 12.1 Å². The first kappa shape index (κ1) is 13.5. The van der Waals surface area contributed by atoms with Crippen molar-refractivity contribution >= 4 is 0 Å². The van der Waals surface area contributed by atoms with Crippen LogP contribution in [0.3, 0.4) is 0 Å². The van der Waals surface area contributed by atoms with Gasteiger partial charge in [-0.15, -0.1) is 0 Å². The maximum atomic E-state index is 13.0. The molecule has 0 amide bonds. The topological polar surface area (TPSA) is 29.3 Å². The normalized spacial score (nSPS) is 31.3. The molecule has 18 heavy (non-hydrogen) atoms. The van der Waals surface area contributed by atoms with Gasteiger partial charge in [-0.25, -0.2) is 4.39 Å². The Hall–Kier alpha value is -0.930. The molecule has 0 radical (unpaired) electrons. The molecule has 0 bridgehead atoms. The summed E-state index contributed by atoms with van der Waals surface area (Å²) in [5.41, 5.74) is 7.29. The van der Waals surface area contributed by atoms with Crippen LogP contribution in [0.2, 0.25) is 0 Å². The summed E-state index contributed by atoms with van der Waals surface area (Å²) in [6, 6.07) is 7.92. The van der Waals surface area contributed by atoms with Gasteiger partial charge in [-0.2, -0.15) is 0 Å². The minimum atomic E-state index is -0.173. The molecule has 1 aliphatic heterocycles. The lowest BCUT2D eigenvalue weighted by Crippen LogP contribution is -2.52. The number of halogens is 1. The summed E-state index contributed by atoms with van der Waals surface area (Å²) in [7, 11) is 0. The largest absolute Gasteiger partial charge is 0.327 e. The average Bonchev–Trinajstić information content (AvgIpc) is 2.36. The Morgan fingerprint density at radius 3 is 2.50 bits per heavy atom. The van der Waals surface area contributed by atoms with Gasteiger partial charge in [0.2, 0.25) is 0 Å².